The highest BCUT2D eigenvalue weighted by molar-refractivity contribution is 7.46. The van der Waals surface area contributed by atoms with E-state index in [1.165, 1.54) is 34.4 Å². The van der Waals surface area contributed by atoms with Crippen molar-refractivity contribution in [2.24, 2.45) is 10.9 Å². The van der Waals surface area contributed by atoms with Gasteiger partial charge >= 0.3 is 7.82 Å². The van der Waals surface area contributed by atoms with Gasteiger partial charge in [0, 0.05) is 24.2 Å². The van der Waals surface area contributed by atoms with E-state index in [-0.39, 0.29) is 23.6 Å². The lowest BCUT2D eigenvalue weighted by Gasteiger charge is -2.35. The van der Waals surface area contributed by atoms with Gasteiger partial charge in [0.05, 0.1) is 6.20 Å². The fourth-order valence-electron chi connectivity index (χ4n) is 3.72. The summed E-state index contributed by atoms with van der Waals surface area (Å²) in [6.07, 6.45) is 4.20. The van der Waals surface area contributed by atoms with Crippen molar-refractivity contribution in [1.29, 1.82) is 0 Å². The number of amides is 1. The maximum Gasteiger partial charge on any atom is 0.471 e. The number of halogens is 1. The van der Waals surface area contributed by atoms with Gasteiger partial charge in [-0.2, -0.15) is 10.2 Å². The van der Waals surface area contributed by atoms with Gasteiger partial charge in [0.1, 0.15) is 18.7 Å². The Bertz CT molecular complexity index is 1030. The number of likely N-dealkylation sites (tertiary alicyclic amines) is 1. The number of nitrogens with zero attached hydrogens (tertiary/aromatic N) is 5. The van der Waals surface area contributed by atoms with Crippen LogP contribution in [0.2, 0.25) is 0 Å². The average Bonchev–Trinajstić information content (AvgIpc) is 3.20. The van der Waals surface area contributed by atoms with Crippen LogP contribution in [-0.4, -0.2) is 55.0 Å². The van der Waals surface area contributed by atoms with E-state index < -0.39 is 20.7 Å². The van der Waals surface area contributed by atoms with Crippen molar-refractivity contribution in [2.45, 2.75) is 25.4 Å². The van der Waals surface area contributed by atoms with Crippen molar-refractivity contribution in [2.75, 3.05) is 13.3 Å². The van der Waals surface area contributed by atoms with Gasteiger partial charge < -0.3 is 9.79 Å². The molecule has 4 rings (SSSR count). The molecule has 0 saturated carbocycles. The lowest BCUT2D eigenvalue weighted by molar-refractivity contribution is -0.134. The number of piperidine rings is 1. The molecule has 2 aromatic rings. The first kappa shape index (κ1) is 22.4. The molecule has 32 heavy (non-hydrogen) atoms. The monoisotopic (exact) mass is 464 g/mol. The molecule has 1 fully saturated rings. The summed E-state index contributed by atoms with van der Waals surface area (Å²) in [4.78, 5) is 37.5. The number of aromatic nitrogens is 2. The van der Waals surface area contributed by atoms with Gasteiger partial charge in [-0.15, -0.1) is 0 Å². The smallest absolute Gasteiger partial charge is 0.303 e. The topological polar surface area (TPSA) is 140 Å². The number of hydrazine groups is 1. The molecule has 2 atom stereocenters. The number of nitrogens with one attached hydrogen (secondary N) is 1. The molecule has 0 radical (unpaired) electrons. The van der Waals surface area contributed by atoms with E-state index in [0.29, 0.717) is 31.4 Å². The summed E-state index contributed by atoms with van der Waals surface area (Å²) in [6.45, 7) is -0.127. The van der Waals surface area contributed by atoms with Crippen molar-refractivity contribution < 1.29 is 28.1 Å². The van der Waals surface area contributed by atoms with Crippen LogP contribution in [0.25, 0.3) is 0 Å². The highest BCUT2D eigenvalue weighted by Gasteiger charge is 2.38. The second-order valence-corrected chi connectivity index (χ2v) is 8.71. The molecule has 0 spiro atoms. The first-order valence-corrected chi connectivity index (χ1v) is 11.5. The number of guanidine groups is 1. The molecule has 1 amide bonds. The molecular weight excluding hydrogens is 442 g/mol. The van der Waals surface area contributed by atoms with Crippen LogP contribution in [0.5, 0.6) is 0 Å². The van der Waals surface area contributed by atoms with Crippen molar-refractivity contribution in [3.8, 4) is 0 Å². The van der Waals surface area contributed by atoms with Crippen molar-refractivity contribution >= 4 is 19.7 Å². The molecule has 170 valence electrons. The number of carbonyl (C=O) groups is 1. The van der Waals surface area contributed by atoms with E-state index in [1.807, 2.05) is 0 Å². The standard InChI is InChI=1S/C19H22FN6O5P/c20-16-5-3-13(4-6-16)10-14-2-1-9-25(18(14)27)19-23-17(15-7-8-21-22-11-15)24-26(19)12-31-32(28,29)30/h3-8,11,14,17,24H,1-2,9-10,12H2,(H2,28,29,30). The lowest BCUT2D eigenvalue weighted by atomic mass is 9.90. The number of hydrogen-bond acceptors (Lipinski definition) is 8. The fourth-order valence-corrected chi connectivity index (χ4v) is 3.98. The van der Waals surface area contributed by atoms with E-state index in [1.54, 1.807) is 18.2 Å². The molecule has 1 aromatic carbocycles. The first-order chi connectivity index (χ1) is 15.3. The number of carbonyl (C=O) groups excluding carboxylic acids is 1. The summed E-state index contributed by atoms with van der Waals surface area (Å²) in [5.41, 5.74) is 4.48. The van der Waals surface area contributed by atoms with Crippen LogP contribution in [0.3, 0.4) is 0 Å². The molecule has 0 aliphatic carbocycles. The summed E-state index contributed by atoms with van der Waals surface area (Å²) in [7, 11) is -4.75. The van der Waals surface area contributed by atoms with Gasteiger partial charge in [-0.05, 0) is 43.0 Å². The minimum absolute atomic E-state index is 0.171. The second kappa shape index (κ2) is 9.39. The molecule has 3 heterocycles. The summed E-state index contributed by atoms with van der Waals surface area (Å²) < 4.78 is 29.1. The Hall–Kier alpha value is -2.76. The Kier molecular flexibility index (Phi) is 6.58. The average molecular weight is 464 g/mol. The lowest BCUT2D eigenvalue weighted by Crippen LogP contribution is -2.53. The molecule has 13 heteroatoms. The number of hydrogen-bond donors (Lipinski definition) is 3. The summed E-state index contributed by atoms with van der Waals surface area (Å²) in [5.74, 6) is -0.637. The van der Waals surface area contributed by atoms with Gasteiger partial charge in [-0.25, -0.2) is 24.4 Å². The van der Waals surface area contributed by atoms with Gasteiger partial charge in [-0.1, -0.05) is 12.1 Å². The Balaban J connectivity index is 1.55. The minimum atomic E-state index is -4.75. The third kappa shape index (κ3) is 5.34. The molecule has 2 aliphatic rings. The molecule has 11 nitrogen and oxygen atoms in total. The Morgan fingerprint density at radius 3 is 2.69 bits per heavy atom. The van der Waals surface area contributed by atoms with Crippen LogP contribution in [0.4, 0.5) is 4.39 Å². The zero-order valence-corrected chi connectivity index (χ0v) is 17.8. The first-order valence-electron chi connectivity index (χ1n) is 9.94. The second-order valence-electron chi connectivity index (χ2n) is 7.47. The van der Waals surface area contributed by atoms with E-state index >= 15 is 0 Å². The van der Waals surface area contributed by atoms with E-state index in [0.717, 1.165) is 5.56 Å². The molecular formula is C19H22FN6O5P. The molecule has 2 aliphatic heterocycles. The molecule has 2 unspecified atom stereocenters. The van der Waals surface area contributed by atoms with Crippen molar-refractivity contribution in [3.63, 3.8) is 0 Å². The van der Waals surface area contributed by atoms with Crippen LogP contribution in [0.1, 0.15) is 30.1 Å². The number of benzene rings is 1. The Morgan fingerprint density at radius 2 is 2.00 bits per heavy atom. The van der Waals surface area contributed by atoms with E-state index in [4.69, 9.17) is 9.79 Å². The summed E-state index contributed by atoms with van der Waals surface area (Å²) >= 11 is 0. The Morgan fingerprint density at radius 1 is 1.22 bits per heavy atom. The zero-order chi connectivity index (χ0) is 22.7. The van der Waals surface area contributed by atoms with E-state index in [9.17, 15) is 13.8 Å². The maximum atomic E-state index is 13.3. The minimum Gasteiger partial charge on any atom is -0.303 e. The van der Waals surface area contributed by atoms with E-state index in [2.05, 4.69) is 25.1 Å². The fraction of sp³-hybridized carbons (Fsp3) is 0.368. The molecule has 3 N–H and O–H groups in total. The maximum absolute atomic E-state index is 13.3. The number of rotatable bonds is 6. The predicted octanol–water partition coefficient (Wildman–Crippen LogP) is 1.34. The van der Waals surface area contributed by atoms with Crippen LogP contribution >= 0.6 is 7.82 Å². The Labute approximate surface area is 183 Å². The van der Waals surface area contributed by atoms with Crippen molar-refractivity contribution in [1.82, 2.24) is 25.5 Å². The van der Waals surface area contributed by atoms with Gasteiger partial charge in [0.25, 0.3) is 0 Å². The quantitative estimate of drug-likeness (QED) is 0.540. The predicted molar refractivity (Wildman–Crippen MR) is 110 cm³/mol. The van der Waals surface area contributed by atoms with Crippen LogP contribution < -0.4 is 5.43 Å². The molecule has 1 aromatic heterocycles. The zero-order valence-electron chi connectivity index (χ0n) is 16.9. The number of aliphatic imine (C=N–C) groups is 1. The third-order valence-corrected chi connectivity index (χ3v) is 5.68. The summed E-state index contributed by atoms with van der Waals surface area (Å²) in [6, 6.07) is 7.72. The normalized spacial score (nSPS) is 21.7. The van der Waals surface area contributed by atoms with Crippen LogP contribution in [0, 0.1) is 11.7 Å². The highest BCUT2D eigenvalue weighted by Crippen LogP contribution is 2.36. The third-order valence-electron chi connectivity index (χ3n) is 5.23. The highest BCUT2D eigenvalue weighted by atomic mass is 31.2. The van der Waals surface area contributed by atoms with Crippen LogP contribution in [-0.2, 0) is 20.3 Å². The number of phosphoric ester groups is 1. The SMILES string of the molecule is O=C1C(Cc2ccc(F)cc2)CCCN1C1=NC(c2ccnnc2)NN1COP(=O)(O)O. The van der Waals surface area contributed by atoms with Gasteiger partial charge in [-0.3, -0.25) is 14.2 Å². The van der Waals surface area contributed by atoms with Crippen LogP contribution in [0.15, 0.2) is 47.7 Å². The van der Waals surface area contributed by atoms with Gasteiger partial charge in [0.2, 0.25) is 11.9 Å². The molecule has 0 bridgehead atoms. The largest absolute Gasteiger partial charge is 0.471 e. The summed E-state index contributed by atoms with van der Waals surface area (Å²) in [5, 5.41) is 8.84. The van der Waals surface area contributed by atoms with Gasteiger partial charge in [0.15, 0.2) is 0 Å². The number of phosphoric acid groups is 1. The van der Waals surface area contributed by atoms with Crippen molar-refractivity contribution in [3.05, 3.63) is 59.7 Å². The molecule has 1 saturated heterocycles.